The number of imidazole rings is 2. The summed E-state index contributed by atoms with van der Waals surface area (Å²) in [6.45, 7) is 3.92. The number of carboxylic acid groups (broad SMARTS) is 1. The van der Waals surface area contributed by atoms with Gasteiger partial charge in [0.2, 0.25) is 5.91 Å². The molecule has 6 aromatic rings. The van der Waals surface area contributed by atoms with Crippen molar-refractivity contribution in [3.63, 3.8) is 0 Å². The summed E-state index contributed by atoms with van der Waals surface area (Å²) >= 11 is 0. The molecule has 2 aromatic heterocycles. The number of hydrogen-bond donors (Lipinski definition) is 4. The molecular weight excluding hydrogens is 741 g/mol. The largest absolute Gasteiger partial charge is 0.465 e. The zero-order valence-electron chi connectivity index (χ0n) is 32.8. The molecule has 3 saturated heterocycles. The Hall–Kier alpha value is -6.53. The first-order chi connectivity index (χ1) is 28.9. The van der Waals surface area contributed by atoms with E-state index < -0.39 is 12.1 Å². The minimum absolute atomic E-state index is 0.0250. The van der Waals surface area contributed by atoms with E-state index in [9.17, 15) is 19.5 Å². The maximum absolute atomic E-state index is 13.8. The smallest absolute Gasteiger partial charge is 0.405 e. The van der Waals surface area contributed by atoms with Gasteiger partial charge < -0.3 is 30.2 Å². The van der Waals surface area contributed by atoms with Crippen LogP contribution in [-0.4, -0.2) is 83.8 Å². The van der Waals surface area contributed by atoms with Crippen LogP contribution in [0.3, 0.4) is 0 Å². The Kier molecular flexibility index (Phi) is 10.8. The molecule has 0 radical (unpaired) electrons. The lowest BCUT2D eigenvalue weighted by Gasteiger charge is -2.28. The summed E-state index contributed by atoms with van der Waals surface area (Å²) in [5.41, 5.74) is 7.82. The molecule has 0 unspecified atom stereocenters. The highest BCUT2D eigenvalue weighted by Gasteiger charge is 2.39. The van der Waals surface area contributed by atoms with E-state index in [0.717, 1.165) is 97.7 Å². The van der Waals surface area contributed by atoms with Crippen LogP contribution in [0.15, 0.2) is 122 Å². The molecule has 12 heteroatoms. The average Bonchev–Trinajstić information content (AvgIpc) is 4.13. The standard InChI is InChI=1S/C47H48N8O4/c56-45(37-23-26-53(30-37)29-31-9-3-1-4-10-31)54-24-7-13-40(54)43-48-27-38(50-43)34-19-15-32(16-20-34)33-17-21-35(22-18-33)39-28-49-44(51-39)41-14-8-25-55(41)46(57)42(52-47(58)59)36-11-5-2-6-12-36/h1-6,9-12,15-22,27-28,37,40-42,52H,7-8,13-14,23-26,29-30H2,(H,48,50)(H,49,51)(H,58,59)/t37-,40-,41-,42+/m0/s1. The van der Waals surface area contributed by atoms with Crippen molar-refractivity contribution in [3.05, 3.63) is 144 Å². The van der Waals surface area contributed by atoms with Crippen LogP contribution in [0.5, 0.6) is 0 Å². The SMILES string of the molecule is O=C(O)N[C@@H](C(=O)N1CCC[C@H]1c1ncc(-c2ccc(-c3ccc(-c4cnc([C@@H]5CCCN5C(=O)[C@H]5CCN(Cc6ccccc6)C5)[nH]4)cc3)cc2)[nH]1)c1ccccc1. The molecule has 4 atom stereocenters. The highest BCUT2D eigenvalue weighted by atomic mass is 16.4. The maximum atomic E-state index is 13.8. The van der Waals surface area contributed by atoms with Gasteiger partial charge in [0.1, 0.15) is 17.7 Å². The van der Waals surface area contributed by atoms with Gasteiger partial charge in [0.05, 0.1) is 41.8 Å². The molecule has 0 saturated carbocycles. The number of aromatic nitrogens is 4. The van der Waals surface area contributed by atoms with Crippen LogP contribution in [0.25, 0.3) is 33.6 Å². The lowest BCUT2D eigenvalue weighted by molar-refractivity contribution is -0.136. The van der Waals surface area contributed by atoms with Crippen molar-refractivity contribution in [2.24, 2.45) is 5.92 Å². The van der Waals surface area contributed by atoms with Crippen molar-refractivity contribution in [1.29, 1.82) is 0 Å². The molecule has 300 valence electrons. The average molecular weight is 789 g/mol. The molecule has 3 fully saturated rings. The van der Waals surface area contributed by atoms with Gasteiger partial charge in [-0.15, -0.1) is 0 Å². The van der Waals surface area contributed by atoms with E-state index in [0.29, 0.717) is 17.9 Å². The molecule has 0 bridgehead atoms. The van der Waals surface area contributed by atoms with E-state index >= 15 is 0 Å². The molecular formula is C47H48N8O4. The number of benzene rings is 4. The van der Waals surface area contributed by atoms with Crippen LogP contribution in [0.4, 0.5) is 4.79 Å². The number of likely N-dealkylation sites (tertiary alicyclic amines) is 3. The number of carbonyl (C=O) groups is 3. The quantitative estimate of drug-likeness (QED) is 0.104. The molecule has 3 aliphatic heterocycles. The molecule has 4 aromatic carbocycles. The third-order valence-corrected chi connectivity index (χ3v) is 12.1. The summed E-state index contributed by atoms with van der Waals surface area (Å²) in [5, 5.41) is 11.9. The van der Waals surface area contributed by atoms with Gasteiger partial charge in [0.15, 0.2) is 0 Å². The van der Waals surface area contributed by atoms with Crippen molar-refractivity contribution < 1.29 is 19.5 Å². The van der Waals surface area contributed by atoms with E-state index in [2.05, 4.69) is 103 Å². The van der Waals surface area contributed by atoms with Crippen molar-refractivity contribution in [1.82, 2.24) is 40.0 Å². The number of carbonyl (C=O) groups excluding carboxylic acids is 2. The molecule has 5 heterocycles. The summed E-state index contributed by atoms with van der Waals surface area (Å²) in [6.07, 6.45) is 6.74. The van der Waals surface area contributed by atoms with Crippen LogP contribution < -0.4 is 5.32 Å². The second-order valence-electron chi connectivity index (χ2n) is 15.9. The minimum atomic E-state index is -1.25. The fourth-order valence-corrected chi connectivity index (χ4v) is 9.10. The van der Waals surface area contributed by atoms with Gasteiger partial charge in [0.25, 0.3) is 5.91 Å². The number of aromatic amines is 2. The van der Waals surface area contributed by atoms with Crippen LogP contribution in [-0.2, 0) is 16.1 Å². The summed E-state index contributed by atoms with van der Waals surface area (Å²) in [6, 6.07) is 34.8. The monoisotopic (exact) mass is 788 g/mol. The molecule has 59 heavy (non-hydrogen) atoms. The molecule has 4 N–H and O–H groups in total. The Morgan fingerprint density at radius 3 is 1.76 bits per heavy atom. The number of nitrogens with zero attached hydrogens (tertiary/aromatic N) is 5. The first kappa shape index (κ1) is 38.0. The second kappa shape index (κ2) is 16.8. The topological polar surface area (TPSA) is 151 Å². The molecule has 3 aliphatic rings. The fraction of sp³-hybridized carbons (Fsp3) is 0.298. The lowest BCUT2D eigenvalue weighted by Crippen LogP contribution is -2.42. The predicted molar refractivity (Wildman–Crippen MR) is 225 cm³/mol. The Morgan fingerprint density at radius 1 is 0.661 bits per heavy atom. The second-order valence-corrected chi connectivity index (χ2v) is 15.9. The van der Waals surface area contributed by atoms with Gasteiger partial charge >= 0.3 is 6.09 Å². The Balaban J connectivity index is 0.827. The number of rotatable bonds is 11. The number of H-pyrrole nitrogens is 2. The third kappa shape index (κ3) is 8.13. The maximum Gasteiger partial charge on any atom is 0.405 e. The Labute approximate surface area is 343 Å². The number of hydrogen-bond acceptors (Lipinski definition) is 6. The highest BCUT2D eigenvalue weighted by Crippen LogP contribution is 2.36. The summed E-state index contributed by atoms with van der Waals surface area (Å²) < 4.78 is 0. The summed E-state index contributed by atoms with van der Waals surface area (Å²) in [7, 11) is 0. The highest BCUT2D eigenvalue weighted by molar-refractivity contribution is 5.87. The minimum Gasteiger partial charge on any atom is -0.465 e. The molecule has 3 amide bonds. The van der Waals surface area contributed by atoms with E-state index in [4.69, 9.17) is 4.98 Å². The van der Waals surface area contributed by atoms with Gasteiger partial charge in [-0.05, 0) is 72.0 Å². The third-order valence-electron chi connectivity index (χ3n) is 12.1. The molecule has 0 aliphatic carbocycles. The fourth-order valence-electron chi connectivity index (χ4n) is 9.10. The Morgan fingerprint density at radius 2 is 1.19 bits per heavy atom. The predicted octanol–water partition coefficient (Wildman–Crippen LogP) is 7.99. The van der Waals surface area contributed by atoms with Gasteiger partial charge in [-0.25, -0.2) is 14.8 Å². The van der Waals surface area contributed by atoms with E-state index in [-0.39, 0.29) is 29.8 Å². The Bertz CT molecular complexity index is 2400. The van der Waals surface area contributed by atoms with Crippen LogP contribution in [0.1, 0.15) is 73.0 Å². The van der Waals surface area contributed by atoms with Gasteiger partial charge in [-0.3, -0.25) is 14.5 Å². The van der Waals surface area contributed by atoms with Crippen molar-refractivity contribution in [2.45, 2.75) is 56.8 Å². The molecule has 0 spiro atoms. The van der Waals surface area contributed by atoms with Crippen LogP contribution >= 0.6 is 0 Å². The van der Waals surface area contributed by atoms with Gasteiger partial charge in [-0.2, -0.15) is 0 Å². The summed E-state index contributed by atoms with van der Waals surface area (Å²) in [4.78, 5) is 61.8. The first-order valence-corrected chi connectivity index (χ1v) is 20.6. The molecule has 9 rings (SSSR count). The van der Waals surface area contributed by atoms with Crippen molar-refractivity contribution >= 4 is 17.9 Å². The van der Waals surface area contributed by atoms with Crippen LogP contribution in [0.2, 0.25) is 0 Å². The zero-order valence-corrected chi connectivity index (χ0v) is 32.8. The van der Waals surface area contributed by atoms with E-state index in [1.807, 2.05) is 18.3 Å². The summed E-state index contributed by atoms with van der Waals surface area (Å²) in [5.74, 6) is 1.52. The van der Waals surface area contributed by atoms with E-state index in [1.54, 1.807) is 35.4 Å². The van der Waals surface area contributed by atoms with Crippen LogP contribution in [0, 0.1) is 5.92 Å². The lowest BCUT2D eigenvalue weighted by atomic mass is 10.0. The first-order valence-electron chi connectivity index (χ1n) is 20.6. The zero-order chi connectivity index (χ0) is 40.3. The van der Waals surface area contributed by atoms with Gasteiger partial charge in [-0.1, -0.05) is 109 Å². The molecule has 12 nitrogen and oxygen atoms in total. The number of nitrogens with one attached hydrogen (secondary N) is 3. The van der Waals surface area contributed by atoms with Gasteiger partial charge in [0, 0.05) is 26.2 Å². The van der Waals surface area contributed by atoms with Crippen molar-refractivity contribution in [3.8, 4) is 33.6 Å². The normalized spacial score (nSPS) is 19.9. The van der Waals surface area contributed by atoms with E-state index in [1.165, 1.54) is 5.56 Å². The van der Waals surface area contributed by atoms with Crippen molar-refractivity contribution in [2.75, 3.05) is 26.2 Å². The number of amides is 3.